The number of allylic oxidation sites excluding steroid dienone is 1. The highest BCUT2D eigenvalue weighted by Gasteiger charge is 2.20. The smallest absolute Gasteiger partial charge is 0.261 e. The standard InChI is InChI=1S/C22H30N6O.C8H13N/c1-13(2)19(25-12-17(23)22(3,4)5)14-6-8-15(9-7-14)26-20-18-16(27-28-20)10-11-24-21(18)29;1-7-4-2-3-5-8(7)6-9/h6-13,19,25H,23H2,1-5H3,(H,24,29)(H2,26,27,28);7-8H,2-5H2,1H3/b17-12-;/t;7-,8?/m.0/s1. The summed E-state index contributed by atoms with van der Waals surface area (Å²) in [4.78, 5) is 14.8. The second kappa shape index (κ2) is 12.7. The SMILES string of the molecule is CC(C)C(N/C=C(\N)C(C)(C)C)c1ccc(Nc2n[nH]c3cc[nH]c(=O)c23)cc1.C[C@H]1CCCCC1C#N. The molecule has 2 unspecified atom stereocenters. The zero-order valence-corrected chi connectivity index (χ0v) is 23.6. The molecule has 3 aromatic rings. The van der Waals surface area contributed by atoms with Gasteiger partial charge in [0.2, 0.25) is 0 Å². The topological polar surface area (TPSA) is 135 Å². The van der Waals surface area contributed by atoms with Crippen molar-refractivity contribution in [2.45, 2.75) is 73.3 Å². The molecule has 0 aliphatic heterocycles. The lowest BCUT2D eigenvalue weighted by atomic mass is 9.81. The van der Waals surface area contributed by atoms with E-state index in [9.17, 15) is 4.79 Å². The van der Waals surface area contributed by atoms with Crippen molar-refractivity contribution in [2.75, 3.05) is 5.32 Å². The monoisotopic (exact) mass is 517 g/mol. The van der Waals surface area contributed by atoms with E-state index in [0.29, 0.717) is 34.5 Å². The molecule has 38 heavy (non-hydrogen) atoms. The third-order valence-corrected chi connectivity index (χ3v) is 7.25. The predicted molar refractivity (Wildman–Crippen MR) is 156 cm³/mol. The van der Waals surface area contributed by atoms with Crippen molar-refractivity contribution in [1.82, 2.24) is 20.5 Å². The van der Waals surface area contributed by atoms with Crippen molar-refractivity contribution in [3.05, 3.63) is 64.3 Å². The van der Waals surface area contributed by atoms with Crippen molar-refractivity contribution in [2.24, 2.45) is 28.9 Å². The van der Waals surface area contributed by atoms with E-state index in [2.05, 4.69) is 85.6 Å². The second-order valence-electron chi connectivity index (χ2n) is 11.7. The Morgan fingerprint density at radius 3 is 2.45 bits per heavy atom. The summed E-state index contributed by atoms with van der Waals surface area (Å²) in [6, 6.07) is 12.4. The number of hydrogen-bond acceptors (Lipinski definition) is 6. The highest BCUT2D eigenvalue weighted by atomic mass is 16.1. The number of pyridine rings is 1. The molecule has 6 N–H and O–H groups in total. The number of benzene rings is 1. The highest BCUT2D eigenvalue weighted by Crippen LogP contribution is 2.29. The maximum atomic E-state index is 12.1. The summed E-state index contributed by atoms with van der Waals surface area (Å²) in [5.74, 6) is 1.91. The number of aromatic nitrogens is 3. The van der Waals surface area contributed by atoms with E-state index in [0.717, 1.165) is 23.4 Å². The van der Waals surface area contributed by atoms with E-state index in [4.69, 9.17) is 11.0 Å². The Hall–Kier alpha value is -3.73. The molecule has 3 atom stereocenters. The maximum absolute atomic E-state index is 12.1. The van der Waals surface area contributed by atoms with Gasteiger partial charge >= 0.3 is 0 Å². The van der Waals surface area contributed by atoms with Crippen molar-refractivity contribution in [1.29, 1.82) is 5.26 Å². The van der Waals surface area contributed by atoms with Crippen LogP contribution in [0.2, 0.25) is 0 Å². The number of nitrogens with one attached hydrogen (secondary N) is 4. The molecule has 0 bridgehead atoms. The molecule has 1 aliphatic rings. The molecule has 0 spiro atoms. The first kappa shape index (κ1) is 28.8. The van der Waals surface area contributed by atoms with Crippen LogP contribution in [0.3, 0.4) is 0 Å². The van der Waals surface area contributed by atoms with Gasteiger partial charge in [-0.25, -0.2) is 0 Å². The summed E-state index contributed by atoms with van der Waals surface area (Å²) in [7, 11) is 0. The number of H-pyrrole nitrogens is 2. The highest BCUT2D eigenvalue weighted by molar-refractivity contribution is 5.90. The van der Waals surface area contributed by atoms with Gasteiger partial charge in [0.15, 0.2) is 5.82 Å². The molecule has 8 heteroatoms. The summed E-state index contributed by atoms with van der Waals surface area (Å²) >= 11 is 0. The van der Waals surface area contributed by atoms with E-state index in [1.807, 2.05) is 18.3 Å². The molecule has 1 aromatic carbocycles. The van der Waals surface area contributed by atoms with Crippen LogP contribution in [-0.2, 0) is 0 Å². The molecule has 0 saturated heterocycles. The minimum Gasteiger partial charge on any atom is -0.400 e. The van der Waals surface area contributed by atoms with Gasteiger partial charge < -0.3 is 21.4 Å². The number of hydrogen-bond donors (Lipinski definition) is 5. The number of anilines is 2. The van der Waals surface area contributed by atoms with Crippen molar-refractivity contribution >= 4 is 22.4 Å². The quantitative estimate of drug-likeness (QED) is 0.254. The second-order valence-corrected chi connectivity index (χ2v) is 11.7. The molecule has 0 radical (unpaired) electrons. The van der Waals surface area contributed by atoms with Crippen LogP contribution in [0.5, 0.6) is 0 Å². The van der Waals surface area contributed by atoms with Crippen LogP contribution in [0.15, 0.2) is 53.2 Å². The normalized spacial score (nSPS) is 18.8. The molecule has 4 rings (SSSR count). The van der Waals surface area contributed by atoms with Crippen LogP contribution < -0.4 is 21.9 Å². The van der Waals surface area contributed by atoms with Gasteiger partial charge in [-0.2, -0.15) is 10.4 Å². The predicted octanol–water partition coefficient (Wildman–Crippen LogP) is 6.46. The lowest BCUT2D eigenvalue weighted by molar-refractivity contribution is 0.313. The van der Waals surface area contributed by atoms with E-state index in [1.54, 1.807) is 12.3 Å². The van der Waals surface area contributed by atoms with E-state index in [-0.39, 0.29) is 17.0 Å². The van der Waals surface area contributed by atoms with Gasteiger partial charge in [0.25, 0.3) is 5.56 Å². The average Bonchev–Trinajstić information content (AvgIpc) is 3.29. The van der Waals surface area contributed by atoms with Crippen LogP contribution in [0, 0.1) is 34.5 Å². The third kappa shape index (κ3) is 7.41. The average molecular weight is 518 g/mol. The molecule has 2 aromatic heterocycles. The summed E-state index contributed by atoms with van der Waals surface area (Å²) in [6.45, 7) is 12.8. The Morgan fingerprint density at radius 2 is 1.87 bits per heavy atom. The van der Waals surface area contributed by atoms with Gasteiger partial charge in [0.05, 0.1) is 17.6 Å². The van der Waals surface area contributed by atoms with Gasteiger partial charge in [0.1, 0.15) is 5.39 Å². The van der Waals surface area contributed by atoms with Gasteiger partial charge in [-0.05, 0) is 48.4 Å². The summed E-state index contributed by atoms with van der Waals surface area (Å²) in [6.07, 6.45) is 8.51. The van der Waals surface area contributed by atoms with Crippen molar-refractivity contribution in [3.63, 3.8) is 0 Å². The Bertz CT molecular complexity index is 1310. The summed E-state index contributed by atoms with van der Waals surface area (Å²) in [5.41, 5.74) is 9.46. The first-order chi connectivity index (χ1) is 18.0. The lowest BCUT2D eigenvalue weighted by Gasteiger charge is -2.25. The van der Waals surface area contributed by atoms with Crippen LogP contribution in [0.4, 0.5) is 11.5 Å². The first-order valence-electron chi connectivity index (χ1n) is 13.6. The fraction of sp³-hybridized carbons (Fsp3) is 0.500. The lowest BCUT2D eigenvalue weighted by Crippen LogP contribution is -2.25. The number of nitrogens with two attached hydrogens (primary N) is 1. The number of nitriles is 1. The molecule has 204 valence electrons. The van der Waals surface area contributed by atoms with Crippen molar-refractivity contribution < 1.29 is 0 Å². The number of aromatic amines is 2. The molecule has 1 aliphatic carbocycles. The molecule has 8 nitrogen and oxygen atoms in total. The Balaban J connectivity index is 0.000000375. The van der Waals surface area contributed by atoms with Gasteiger partial charge in [0, 0.05) is 35.1 Å². The summed E-state index contributed by atoms with van der Waals surface area (Å²) < 4.78 is 0. The molecular weight excluding hydrogens is 474 g/mol. The maximum Gasteiger partial charge on any atom is 0.261 e. The molecule has 1 saturated carbocycles. The van der Waals surface area contributed by atoms with Gasteiger partial charge in [-0.15, -0.1) is 0 Å². The van der Waals surface area contributed by atoms with Gasteiger partial charge in [-0.3, -0.25) is 9.89 Å². The van der Waals surface area contributed by atoms with Crippen LogP contribution in [-0.4, -0.2) is 15.2 Å². The zero-order chi connectivity index (χ0) is 27.9. The fourth-order valence-electron chi connectivity index (χ4n) is 4.56. The first-order valence-corrected chi connectivity index (χ1v) is 13.6. The number of nitrogens with zero attached hydrogens (tertiary/aromatic N) is 2. The van der Waals surface area contributed by atoms with Crippen LogP contribution >= 0.6 is 0 Å². The van der Waals surface area contributed by atoms with E-state index >= 15 is 0 Å². The molecule has 0 amide bonds. The summed E-state index contributed by atoms with van der Waals surface area (Å²) in [5, 5.41) is 22.9. The molecule has 2 heterocycles. The minimum absolute atomic E-state index is 0.0769. The van der Waals surface area contributed by atoms with Crippen LogP contribution in [0.1, 0.15) is 78.8 Å². The molecular formula is C30H43N7O. The van der Waals surface area contributed by atoms with E-state index in [1.165, 1.54) is 19.3 Å². The molecule has 1 fully saturated rings. The third-order valence-electron chi connectivity index (χ3n) is 7.25. The fourth-order valence-corrected chi connectivity index (χ4v) is 4.56. The van der Waals surface area contributed by atoms with Gasteiger partial charge in [-0.1, -0.05) is 66.5 Å². The van der Waals surface area contributed by atoms with Crippen molar-refractivity contribution in [3.8, 4) is 6.07 Å². The Morgan fingerprint density at radius 1 is 1.18 bits per heavy atom. The van der Waals surface area contributed by atoms with Crippen LogP contribution in [0.25, 0.3) is 10.9 Å². The number of rotatable bonds is 6. The largest absolute Gasteiger partial charge is 0.400 e. The Labute approximate surface area is 226 Å². The Kier molecular flexibility index (Phi) is 9.62. The zero-order valence-electron chi connectivity index (χ0n) is 23.6. The minimum atomic E-state index is -0.178. The van der Waals surface area contributed by atoms with E-state index < -0.39 is 0 Å². The number of fused-ring (bicyclic) bond motifs is 1.